The average Bonchev–Trinajstić information content (AvgIpc) is 2.47. The molecule has 1 aromatic rings. The molecule has 2 unspecified atom stereocenters. The van der Waals surface area contributed by atoms with Gasteiger partial charge in [0.1, 0.15) is 5.83 Å². The summed E-state index contributed by atoms with van der Waals surface area (Å²) in [7, 11) is 0. The highest BCUT2D eigenvalue weighted by molar-refractivity contribution is 5.71. The van der Waals surface area contributed by atoms with Gasteiger partial charge in [-0.25, -0.2) is 4.39 Å². The lowest BCUT2D eigenvalue weighted by Crippen LogP contribution is -2.23. The largest absolute Gasteiger partial charge is 0.256 e. The number of nitrogens with zero attached hydrogens (tertiary/aromatic N) is 1. The van der Waals surface area contributed by atoms with Crippen molar-refractivity contribution in [2.24, 2.45) is 17.8 Å². The van der Waals surface area contributed by atoms with Gasteiger partial charge in [0.05, 0.1) is 5.69 Å². The van der Waals surface area contributed by atoms with Crippen LogP contribution in [-0.2, 0) is 0 Å². The minimum absolute atomic E-state index is 0.122. The number of pyridine rings is 1. The summed E-state index contributed by atoms with van der Waals surface area (Å²) in [6, 6.07) is 5.71. The number of aromatic nitrogens is 1. The van der Waals surface area contributed by atoms with E-state index >= 15 is 0 Å². The standard InChI is InChI=1S/C20H26FN/c1-5-6-9-16(14(2)3)17-12-15(4)13-18(21)20(17)19-10-7-8-11-22-19/h6-11,13-14,16-17H,5,12H2,1-4H3. The van der Waals surface area contributed by atoms with Gasteiger partial charge >= 0.3 is 0 Å². The monoisotopic (exact) mass is 299 g/mol. The molecule has 22 heavy (non-hydrogen) atoms. The summed E-state index contributed by atoms with van der Waals surface area (Å²) in [5.74, 6) is 0.822. The summed E-state index contributed by atoms with van der Waals surface area (Å²) in [6.45, 7) is 8.58. The van der Waals surface area contributed by atoms with Gasteiger partial charge in [-0.05, 0) is 55.7 Å². The summed E-state index contributed by atoms with van der Waals surface area (Å²) in [5, 5.41) is 0. The van der Waals surface area contributed by atoms with E-state index in [0.717, 1.165) is 29.7 Å². The van der Waals surface area contributed by atoms with Gasteiger partial charge in [-0.1, -0.05) is 44.6 Å². The first-order valence-electron chi connectivity index (χ1n) is 8.19. The van der Waals surface area contributed by atoms with Crippen LogP contribution in [0.1, 0.15) is 46.2 Å². The molecule has 0 bridgehead atoms. The van der Waals surface area contributed by atoms with E-state index in [2.05, 4.69) is 37.9 Å². The first-order chi connectivity index (χ1) is 10.5. The van der Waals surface area contributed by atoms with E-state index in [4.69, 9.17) is 0 Å². The van der Waals surface area contributed by atoms with Crippen LogP contribution in [0.4, 0.5) is 4.39 Å². The van der Waals surface area contributed by atoms with Gasteiger partial charge in [0, 0.05) is 11.8 Å². The smallest absolute Gasteiger partial charge is 0.128 e. The van der Waals surface area contributed by atoms with Crippen LogP contribution in [0.3, 0.4) is 0 Å². The molecule has 0 aromatic carbocycles. The Bertz CT molecular complexity index is 581. The Hall–Kier alpha value is -1.70. The molecule has 0 spiro atoms. The van der Waals surface area contributed by atoms with Crippen molar-refractivity contribution in [3.05, 3.63) is 59.7 Å². The third kappa shape index (κ3) is 3.73. The fourth-order valence-electron chi connectivity index (χ4n) is 3.26. The number of hydrogen-bond donors (Lipinski definition) is 0. The lowest BCUT2D eigenvalue weighted by Gasteiger charge is -2.32. The van der Waals surface area contributed by atoms with E-state index in [1.54, 1.807) is 12.3 Å². The number of hydrogen-bond acceptors (Lipinski definition) is 1. The van der Waals surface area contributed by atoms with Crippen molar-refractivity contribution >= 4 is 5.57 Å². The fourth-order valence-corrected chi connectivity index (χ4v) is 3.26. The maximum absolute atomic E-state index is 14.7. The molecule has 0 amide bonds. The van der Waals surface area contributed by atoms with Crippen LogP contribution >= 0.6 is 0 Å². The zero-order valence-electron chi connectivity index (χ0n) is 14.0. The van der Waals surface area contributed by atoms with E-state index < -0.39 is 0 Å². The minimum Gasteiger partial charge on any atom is -0.256 e. The third-order valence-corrected chi connectivity index (χ3v) is 4.31. The van der Waals surface area contributed by atoms with E-state index in [-0.39, 0.29) is 11.7 Å². The van der Waals surface area contributed by atoms with Crippen LogP contribution in [0, 0.1) is 17.8 Å². The second-order valence-electron chi connectivity index (χ2n) is 6.44. The van der Waals surface area contributed by atoms with Gasteiger partial charge in [0.15, 0.2) is 0 Å². The van der Waals surface area contributed by atoms with Gasteiger partial charge in [-0.2, -0.15) is 0 Å². The maximum atomic E-state index is 14.7. The van der Waals surface area contributed by atoms with Crippen LogP contribution in [-0.4, -0.2) is 4.98 Å². The quantitative estimate of drug-likeness (QED) is 0.611. The first-order valence-corrected chi connectivity index (χ1v) is 8.19. The second-order valence-corrected chi connectivity index (χ2v) is 6.44. The molecule has 0 aliphatic heterocycles. The highest BCUT2D eigenvalue weighted by Gasteiger charge is 2.32. The lowest BCUT2D eigenvalue weighted by molar-refractivity contribution is 0.362. The molecule has 1 aromatic heterocycles. The Morgan fingerprint density at radius 1 is 1.36 bits per heavy atom. The first kappa shape index (κ1) is 16.7. The van der Waals surface area contributed by atoms with Gasteiger partial charge in [-0.3, -0.25) is 4.98 Å². The zero-order chi connectivity index (χ0) is 16.1. The van der Waals surface area contributed by atoms with E-state index in [9.17, 15) is 4.39 Å². The molecule has 0 fully saturated rings. The lowest BCUT2D eigenvalue weighted by atomic mass is 9.72. The topological polar surface area (TPSA) is 12.9 Å². The molecular formula is C20H26FN. The predicted molar refractivity (Wildman–Crippen MR) is 91.9 cm³/mol. The Balaban J connectivity index is 2.48. The molecule has 1 nitrogen and oxygen atoms in total. The van der Waals surface area contributed by atoms with Crippen molar-refractivity contribution in [1.82, 2.24) is 4.98 Å². The zero-order valence-corrected chi connectivity index (χ0v) is 14.0. The van der Waals surface area contributed by atoms with Crippen LogP contribution in [0.15, 0.2) is 54.0 Å². The van der Waals surface area contributed by atoms with Crippen molar-refractivity contribution in [3.8, 4) is 0 Å². The maximum Gasteiger partial charge on any atom is 0.128 e. The SMILES string of the molecule is CCC=CC(C(C)C)C1CC(C)=CC(F)=C1c1ccccn1. The molecule has 2 atom stereocenters. The molecule has 2 rings (SSSR count). The molecule has 0 saturated heterocycles. The molecule has 2 heteroatoms. The second kappa shape index (κ2) is 7.53. The Labute approximate surface area is 133 Å². The van der Waals surface area contributed by atoms with Crippen molar-refractivity contribution in [2.45, 2.75) is 40.5 Å². The molecular weight excluding hydrogens is 273 g/mol. The molecule has 1 heterocycles. The molecule has 1 aliphatic carbocycles. The van der Waals surface area contributed by atoms with Gasteiger partial charge in [0.25, 0.3) is 0 Å². The molecule has 0 N–H and O–H groups in total. The van der Waals surface area contributed by atoms with E-state index in [0.29, 0.717) is 11.8 Å². The molecule has 0 saturated carbocycles. The van der Waals surface area contributed by atoms with Crippen molar-refractivity contribution in [1.29, 1.82) is 0 Å². The van der Waals surface area contributed by atoms with Crippen molar-refractivity contribution in [2.75, 3.05) is 0 Å². The van der Waals surface area contributed by atoms with Gasteiger partial charge in [0.2, 0.25) is 0 Å². The van der Waals surface area contributed by atoms with Crippen LogP contribution < -0.4 is 0 Å². The number of allylic oxidation sites excluding steroid dienone is 6. The summed E-state index contributed by atoms with van der Waals surface area (Å²) in [5.41, 5.74) is 2.65. The van der Waals surface area contributed by atoms with Crippen molar-refractivity contribution in [3.63, 3.8) is 0 Å². The van der Waals surface area contributed by atoms with E-state index in [1.165, 1.54) is 0 Å². The predicted octanol–water partition coefficient (Wildman–Crippen LogP) is 5.97. The van der Waals surface area contributed by atoms with Crippen LogP contribution in [0.5, 0.6) is 0 Å². The van der Waals surface area contributed by atoms with Crippen LogP contribution in [0.2, 0.25) is 0 Å². The van der Waals surface area contributed by atoms with Gasteiger partial charge in [-0.15, -0.1) is 0 Å². The molecule has 118 valence electrons. The molecule has 1 aliphatic rings. The number of halogens is 1. The summed E-state index contributed by atoms with van der Waals surface area (Å²) in [6.07, 6.45) is 9.79. The van der Waals surface area contributed by atoms with E-state index in [1.807, 2.05) is 25.1 Å². The molecule has 0 radical (unpaired) electrons. The summed E-state index contributed by atoms with van der Waals surface area (Å²) < 4.78 is 14.7. The van der Waals surface area contributed by atoms with Gasteiger partial charge < -0.3 is 0 Å². The highest BCUT2D eigenvalue weighted by Crippen LogP contribution is 2.43. The summed E-state index contributed by atoms with van der Waals surface area (Å²) >= 11 is 0. The van der Waals surface area contributed by atoms with Crippen molar-refractivity contribution < 1.29 is 4.39 Å². The Morgan fingerprint density at radius 3 is 2.73 bits per heavy atom. The minimum atomic E-state index is -0.122. The highest BCUT2D eigenvalue weighted by atomic mass is 19.1. The third-order valence-electron chi connectivity index (χ3n) is 4.31. The average molecular weight is 299 g/mol. The van der Waals surface area contributed by atoms with Crippen LogP contribution in [0.25, 0.3) is 5.57 Å². The Kier molecular flexibility index (Phi) is 5.70. The normalized spacial score (nSPS) is 20.6. The Morgan fingerprint density at radius 2 is 2.14 bits per heavy atom. The summed E-state index contributed by atoms with van der Waals surface area (Å²) in [4.78, 5) is 4.40. The number of rotatable bonds is 5. The fraction of sp³-hybridized carbons (Fsp3) is 0.450.